The number of halogens is 1. The minimum atomic E-state index is -0.291. The van der Waals surface area contributed by atoms with Gasteiger partial charge in [0.25, 0.3) is 0 Å². The standard InChI is InChI=1S/C17H12N.C11H7FN.Ir/c1-3-7-14(8-4-1)16-11-12-17(18-13-16)15-9-5-2-6-10-15;12-10-6-2-1-5-9(10)11-7-3-4-8-13-11;/h1-9,11-13H;1-4,6-8H;/q2*-1;. The van der Waals surface area contributed by atoms with E-state index < -0.39 is 0 Å². The van der Waals surface area contributed by atoms with E-state index in [-0.39, 0.29) is 25.9 Å². The molecule has 0 saturated carbocycles. The van der Waals surface area contributed by atoms with Crippen LogP contribution >= 0.6 is 0 Å². The molecule has 2 aromatic heterocycles. The minimum absolute atomic E-state index is 0. The smallest absolute Gasteiger partial charge is 0.0380 e. The molecule has 159 valence electrons. The van der Waals surface area contributed by atoms with Crippen LogP contribution in [0.15, 0.2) is 116 Å². The zero-order valence-electron chi connectivity index (χ0n) is 17.1. The van der Waals surface area contributed by atoms with Gasteiger partial charge in [-0.3, -0.25) is 4.39 Å². The Morgan fingerprint density at radius 3 is 2.03 bits per heavy atom. The first kappa shape index (κ1) is 23.2. The number of pyridine rings is 2. The Bertz CT molecular complexity index is 1150. The second-order valence-electron chi connectivity index (χ2n) is 6.68. The van der Waals surface area contributed by atoms with Crippen molar-refractivity contribution in [3.8, 4) is 33.6 Å². The van der Waals surface area contributed by atoms with E-state index in [1.54, 1.807) is 30.5 Å². The Morgan fingerprint density at radius 1 is 0.594 bits per heavy atom. The summed E-state index contributed by atoms with van der Waals surface area (Å²) in [7, 11) is 0. The molecule has 1 radical (unpaired) electrons. The van der Waals surface area contributed by atoms with Gasteiger partial charge in [-0.25, -0.2) is 0 Å². The fourth-order valence-corrected chi connectivity index (χ4v) is 3.03. The fraction of sp³-hybridized carbons (Fsp3) is 0. The van der Waals surface area contributed by atoms with Gasteiger partial charge in [0.15, 0.2) is 0 Å². The average molecular weight is 595 g/mol. The summed E-state index contributed by atoms with van der Waals surface area (Å²) >= 11 is 0. The molecule has 2 nitrogen and oxygen atoms in total. The first-order valence-corrected chi connectivity index (χ1v) is 9.87. The van der Waals surface area contributed by atoms with E-state index in [1.165, 1.54) is 11.6 Å². The molecule has 0 aliphatic heterocycles. The van der Waals surface area contributed by atoms with Crippen LogP contribution in [0.3, 0.4) is 0 Å². The summed E-state index contributed by atoms with van der Waals surface area (Å²) in [5, 5.41) is 0. The zero-order valence-corrected chi connectivity index (χ0v) is 19.5. The van der Waals surface area contributed by atoms with Crippen LogP contribution < -0.4 is 0 Å². The predicted molar refractivity (Wildman–Crippen MR) is 122 cm³/mol. The Labute approximate surface area is 201 Å². The van der Waals surface area contributed by atoms with Crippen molar-refractivity contribution in [3.05, 3.63) is 133 Å². The number of aromatic nitrogens is 2. The summed E-state index contributed by atoms with van der Waals surface area (Å²) in [6.07, 6.45) is 3.54. The van der Waals surface area contributed by atoms with Gasteiger partial charge in [0.05, 0.1) is 0 Å². The predicted octanol–water partition coefficient (Wildman–Crippen LogP) is 6.90. The van der Waals surface area contributed by atoms with Crippen molar-refractivity contribution in [2.75, 3.05) is 0 Å². The molecule has 2 heterocycles. The molecular formula is C28H19FIrN2-2. The largest absolute Gasteiger partial charge is 0.305 e. The number of hydrogen-bond donors (Lipinski definition) is 0. The molecule has 0 fully saturated rings. The molecule has 0 amide bonds. The second-order valence-corrected chi connectivity index (χ2v) is 6.68. The van der Waals surface area contributed by atoms with Gasteiger partial charge in [-0.1, -0.05) is 60.2 Å². The molecule has 0 aliphatic rings. The summed E-state index contributed by atoms with van der Waals surface area (Å²) < 4.78 is 13.2. The van der Waals surface area contributed by atoms with Crippen LogP contribution in [0.25, 0.3) is 33.6 Å². The Morgan fingerprint density at radius 2 is 1.38 bits per heavy atom. The zero-order chi connectivity index (χ0) is 21.3. The molecule has 0 atom stereocenters. The Hall–Kier alpha value is -3.46. The van der Waals surface area contributed by atoms with Gasteiger partial charge in [0.2, 0.25) is 0 Å². The van der Waals surface area contributed by atoms with Crippen molar-refractivity contribution >= 4 is 0 Å². The molecule has 32 heavy (non-hydrogen) atoms. The van der Waals surface area contributed by atoms with Crippen LogP contribution in [0.1, 0.15) is 0 Å². The van der Waals surface area contributed by atoms with Crippen molar-refractivity contribution in [1.29, 1.82) is 0 Å². The maximum absolute atomic E-state index is 13.2. The SMILES string of the molecule is Fc1ccc[c-]c1-c1ccccn1.[Ir].[c-]1ccccc1-c1ccc(-c2ccccc2)cn1. The second kappa shape index (κ2) is 11.8. The van der Waals surface area contributed by atoms with Crippen LogP contribution in [0, 0.1) is 17.9 Å². The van der Waals surface area contributed by atoms with Crippen LogP contribution in [0.4, 0.5) is 4.39 Å². The van der Waals surface area contributed by atoms with Gasteiger partial charge >= 0.3 is 0 Å². The number of hydrogen-bond acceptors (Lipinski definition) is 2. The number of rotatable bonds is 3. The van der Waals surface area contributed by atoms with E-state index >= 15 is 0 Å². The van der Waals surface area contributed by atoms with Crippen molar-refractivity contribution in [2.45, 2.75) is 0 Å². The number of nitrogens with zero attached hydrogens (tertiary/aromatic N) is 2. The van der Waals surface area contributed by atoms with E-state index in [1.807, 2.05) is 60.8 Å². The normalized spacial score (nSPS) is 9.78. The van der Waals surface area contributed by atoms with Gasteiger partial charge in [0.1, 0.15) is 0 Å². The van der Waals surface area contributed by atoms with E-state index in [4.69, 9.17) is 0 Å². The molecule has 0 saturated heterocycles. The molecular weight excluding hydrogens is 576 g/mol. The molecule has 4 heteroatoms. The summed E-state index contributed by atoms with van der Waals surface area (Å²) in [4.78, 5) is 8.53. The van der Waals surface area contributed by atoms with Crippen LogP contribution in [0.5, 0.6) is 0 Å². The van der Waals surface area contributed by atoms with Gasteiger partial charge in [-0.15, -0.1) is 60.2 Å². The maximum atomic E-state index is 13.2. The summed E-state index contributed by atoms with van der Waals surface area (Å²) in [5.74, 6) is -0.291. The van der Waals surface area contributed by atoms with Gasteiger partial charge in [-0.2, -0.15) is 0 Å². The van der Waals surface area contributed by atoms with Crippen LogP contribution in [-0.2, 0) is 20.1 Å². The van der Waals surface area contributed by atoms with E-state index in [2.05, 4.69) is 40.3 Å². The van der Waals surface area contributed by atoms with Crippen molar-refractivity contribution in [2.24, 2.45) is 0 Å². The summed E-state index contributed by atoms with van der Waals surface area (Å²) in [6, 6.07) is 38.3. The average Bonchev–Trinajstić information content (AvgIpc) is 2.86. The number of benzene rings is 3. The molecule has 0 aliphatic carbocycles. The third kappa shape index (κ3) is 6.04. The topological polar surface area (TPSA) is 25.8 Å². The summed E-state index contributed by atoms with van der Waals surface area (Å²) in [5.41, 5.74) is 5.33. The third-order valence-corrected chi connectivity index (χ3v) is 4.58. The van der Waals surface area contributed by atoms with Gasteiger partial charge in [0, 0.05) is 38.3 Å². The molecule has 5 rings (SSSR count). The van der Waals surface area contributed by atoms with Crippen molar-refractivity contribution < 1.29 is 24.5 Å². The van der Waals surface area contributed by atoms with Crippen molar-refractivity contribution in [3.63, 3.8) is 0 Å². The first-order chi connectivity index (χ1) is 15.3. The molecule has 0 unspecified atom stereocenters. The van der Waals surface area contributed by atoms with E-state index in [0.29, 0.717) is 11.3 Å². The molecule has 0 spiro atoms. The fourth-order valence-electron chi connectivity index (χ4n) is 3.03. The van der Waals surface area contributed by atoms with Crippen molar-refractivity contribution in [1.82, 2.24) is 9.97 Å². The Balaban J connectivity index is 0.000000184. The molecule has 0 N–H and O–H groups in total. The van der Waals surface area contributed by atoms with E-state index in [9.17, 15) is 4.39 Å². The quantitative estimate of drug-likeness (QED) is 0.213. The Kier molecular flexibility index (Phi) is 8.56. The van der Waals surface area contributed by atoms with Crippen LogP contribution in [-0.4, -0.2) is 9.97 Å². The van der Waals surface area contributed by atoms with Gasteiger partial charge < -0.3 is 9.97 Å². The summed E-state index contributed by atoms with van der Waals surface area (Å²) in [6.45, 7) is 0. The third-order valence-electron chi connectivity index (χ3n) is 4.58. The first-order valence-electron chi connectivity index (χ1n) is 9.87. The monoisotopic (exact) mass is 595 g/mol. The van der Waals surface area contributed by atoms with Gasteiger partial charge in [-0.05, 0) is 28.6 Å². The van der Waals surface area contributed by atoms with Crippen LogP contribution in [0.2, 0.25) is 0 Å². The minimum Gasteiger partial charge on any atom is -0.305 e. The maximum Gasteiger partial charge on any atom is 0.0380 e. The molecule has 5 aromatic rings. The molecule has 3 aromatic carbocycles. The molecule has 0 bridgehead atoms. The van der Waals surface area contributed by atoms with E-state index in [0.717, 1.165) is 16.8 Å².